The van der Waals surface area contributed by atoms with Crippen molar-refractivity contribution in [2.45, 2.75) is 13.0 Å². The number of rotatable bonds is 5. The summed E-state index contributed by atoms with van der Waals surface area (Å²) in [5.41, 5.74) is 6.75. The Morgan fingerprint density at radius 2 is 2.07 bits per heavy atom. The third kappa shape index (κ3) is 3.11. The van der Waals surface area contributed by atoms with E-state index in [1.165, 1.54) is 0 Å². The van der Waals surface area contributed by atoms with Crippen molar-refractivity contribution in [2.24, 2.45) is 5.73 Å². The van der Waals surface area contributed by atoms with Gasteiger partial charge in [0.05, 0.1) is 7.11 Å². The van der Waals surface area contributed by atoms with Crippen molar-refractivity contribution in [3.63, 3.8) is 0 Å². The van der Waals surface area contributed by atoms with Gasteiger partial charge in [-0.25, -0.2) is 0 Å². The molecule has 0 aliphatic rings. The second kappa shape index (κ2) is 5.58. The number of nitrogens with two attached hydrogens (primary N) is 1. The average molecular weight is 211 g/mol. The Bertz CT molecular complexity index is 313. The van der Waals surface area contributed by atoms with Gasteiger partial charge >= 0.3 is 0 Å². The Balaban J connectivity index is 2.94. The number of hydrogen-bond donors (Lipinski definition) is 1. The molecule has 1 rings (SSSR count). The summed E-state index contributed by atoms with van der Waals surface area (Å²) in [6, 6.07) is 5.48. The van der Waals surface area contributed by atoms with Crippen LogP contribution in [-0.4, -0.2) is 21.0 Å². The van der Waals surface area contributed by atoms with Gasteiger partial charge in [-0.05, 0) is 13.0 Å². The third-order valence-electron chi connectivity index (χ3n) is 2.04. The summed E-state index contributed by atoms with van der Waals surface area (Å²) in [4.78, 5) is 0. The first-order chi connectivity index (χ1) is 7.19. The molecule has 15 heavy (non-hydrogen) atoms. The normalized spacial score (nSPS) is 12.3. The van der Waals surface area contributed by atoms with Crippen LogP contribution in [0.3, 0.4) is 0 Å². The molecule has 0 aromatic heterocycles. The zero-order valence-corrected chi connectivity index (χ0v) is 9.32. The molecule has 0 saturated carbocycles. The predicted molar refractivity (Wildman–Crippen MR) is 58.1 cm³/mol. The number of ether oxygens (including phenoxy) is 3. The maximum absolute atomic E-state index is 5.82. The minimum atomic E-state index is -0.0808. The van der Waals surface area contributed by atoms with Crippen LogP contribution >= 0.6 is 0 Å². The van der Waals surface area contributed by atoms with Crippen LogP contribution in [0.25, 0.3) is 0 Å². The Hall–Kier alpha value is -1.26. The van der Waals surface area contributed by atoms with E-state index in [-0.39, 0.29) is 12.8 Å². The predicted octanol–water partition coefficient (Wildman–Crippen LogP) is 1.70. The Morgan fingerprint density at radius 3 is 2.60 bits per heavy atom. The third-order valence-corrected chi connectivity index (χ3v) is 2.04. The van der Waals surface area contributed by atoms with Gasteiger partial charge in [0.1, 0.15) is 11.5 Å². The van der Waals surface area contributed by atoms with Crippen molar-refractivity contribution in [3.8, 4) is 11.5 Å². The lowest BCUT2D eigenvalue weighted by atomic mass is 10.1. The number of methoxy groups -OCH3 is 2. The molecule has 1 unspecified atom stereocenters. The Labute approximate surface area is 89.9 Å². The summed E-state index contributed by atoms with van der Waals surface area (Å²) in [5.74, 6) is 1.44. The second-order valence-electron chi connectivity index (χ2n) is 3.24. The van der Waals surface area contributed by atoms with Gasteiger partial charge < -0.3 is 19.9 Å². The lowest BCUT2D eigenvalue weighted by Gasteiger charge is -2.14. The van der Waals surface area contributed by atoms with Gasteiger partial charge in [0.15, 0.2) is 6.79 Å². The summed E-state index contributed by atoms with van der Waals surface area (Å²) in [6.07, 6.45) is 0. The molecule has 2 N–H and O–H groups in total. The lowest BCUT2D eigenvalue weighted by molar-refractivity contribution is 0.0501. The quantitative estimate of drug-likeness (QED) is 0.753. The molecule has 0 radical (unpaired) electrons. The van der Waals surface area contributed by atoms with E-state index in [4.69, 9.17) is 19.9 Å². The fourth-order valence-electron chi connectivity index (χ4n) is 1.27. The summed E-state index contributed by atoms with van der Waals surface area (Å²) in [5, 5.41) is 0. The standard InChI is InChI=1S/C11H17NO3/c1-8(12)10-5-4-9(14-3)6-11(10)15-7-13-2/h4-6,8H,7,12H2,1-3H3. The largest absolute Gasteiger partial charge is 0.497 e. The van der Waals surface area contributed by atoms with Crippen LogP contribution in [0, 0.1) is 0 Å². The SMILES string of the molecule is COCOc1cc(OC)ccc1C(C)N. The molecule has 0 aliphatic carbocycles. The minimum absolute atomic E-state index is 0.0808. The molecule has 0 aliphatic heterocycles. The van der Waals surface area contributed by atoms with Crippen LogP contribution in [0.15, 0.2) is 18.2 Å². The van der Waals surface area contributed by atoms with E-state index in [2.05, 4.69) is 0 Å². The molecule has 1 aromatic rings. The fourth-order valence-corrected chi connectivity index (χ4v) is 1.27. The molecule has 0 bridgehead atoms. The van der Waals surface area contributed by atoms with E-state index < -0.39 is 0 Å². The molecule has 4 nitrogen and oxygen atoms in total. The van der Waals surface area contributed by atoms with Crippen molar-refractivity contribution in [2.75, 3.05) is 21.0 Å². The zero-order valence-electron chi connectivity index (χ0n) is 9.32. The molecule has 1 aromatic carbocycles. The first-order valence-electron chi connectivity index (χ1n) is 4.74. The van der Waals surface area contributed by atoms with Crippen LogP contribution in [-0.2, 0) is 4.74 Å². The first kappa shape index (κ1) is 11.8. The van der Waals surface area contributed by atoms with Gasteiger partial charge in [-0.3, -0.25) is 0 Å². The number of hydrogen-bond acceptors (Lipinski definition) is 4. The van der Waals surface area contributed by atoms with Gasteiger partial charge in [0, 0.05) is 24.8 Å². The van der Waals surface area contributed by atoms with Crippen LogP contribution in [0.5, 0.6) is 11.5 Å². The van der Waals surface area contributed by atoms with Crippen molar-refractivity contribution in [1.29, 1.82) is 0 Å². The number of benzene rings is 1. The summed E-state index contributed by atoms with van der Waals surface area (Å²) >= 11 is 0. The van der Waals surface area contributed by atoms with E-state index in [0.29, 0.717) is 5.75 Å². The van der Waals surface area contributed by atoms with Crippen LogP contribution in [0.4, 0.5) is 0 Å². The molecule has 84 valence electrons. The molecule has 0 amide bonds. The molecular formula is C11H17NO3. The van der Waals surface area contributed by atoms with Crippen LogP contribution in [0.1, 0.15) is 18.5 Å². The van der Waals surface area contributed by atoms with Crippen LogP contribution < -0.4 is 15.2 Å². The van der Waals surface area contributed by atoms with Crippen molar-refractivity contribution in [3.05, 3.63) is 23.8 Å². The minimum Gasteiger partial charge on any atom is -0.497 e. The van der Waals surface area contributed by atoms with Gasteiger partial charge in [0.25, 0.3) is 0 Å². The van der Waals surface area contributed by atoms with Crippen molar-refractivity contribution >= 4 is 0 Å². The van der Waals surface area contributed by atoms with Gasteiger partial charge in [0.2, 0.25) is 0 Å². The molecule has 0 saturated heterocycles. The van der Waals surface area contributed by atoms with E-state index >= 15 is 0 Å². The lowest BCUT2D eigenvalue weighted by Crippen LogP contribution is -2.09. The monoisotopic (exact) mass is 211 g/mol. The Morgan fingerprint density at radius 1 is 1.33 bits per heavy atom. The highest BCUT2D eigenvalue weighted by molar-refractivity contribution is 5.42. The maximum Gasteiger partial charge on any atom is 0.188 e. The first-order valence-corrected chi connectivity index (χ1v) is 4.74. The average Bonchev–Trinajstić information content (AvgIpc) is 2.25. The van der Waals surface area contributed by atoms with Crippen molar-refractivity contribution < 1.29 is 14.2 Å². The van der Waals surface area contributed by atoms with E-state index in [1.54, 1.807) is 20.3 Å². The second-order valence-corrected chi connectivity index (χ2v) is 3.24. The molecule has 0 spiro atoms. The summed E-state index contributed by atoms with van der Waals surface area (Å²) in [6.45, 7) is 2.11. The maximum atomic E-state index is 5.82. The highest BCUT2D eigenvalue weighted by Gasteiger charge is 2.09. The topological polar surface area (TPSA) is 53.7 Å². The van der Waals surface area contributed by atoms with Crippen LogP contribution in [0.2, 0.25) is 0 Å². The highest BCUT2D eigenvalue weighted by atomic mass is 16.7. The smallest absolute Gasteiger partial charge is 0.188 e. The van der Waals surface area contributed by atoms with E-state index in [9.17, 15) is 0 Å². The summed E-state index contributed by atoms with van der Waals surface area (Å²) in [7, 11) is 3.19. The van der Waals surface area contributed by atoms with E-state index in [1.807, 2.05) is 19.1 Å². The molecule has 0 fully saturated rings. The fraction of sp³-hybridized carbons (Fsp3) is 0.455. The zero-order chi connectivity index (χ0) is 11.3. The van der Waals surface area contributed by atoms with Gasteiger partial charge in [-0.2, -0.15) is 0 Å². The highest BCUT2D eigenvalue weighted by Crippen LogP contribution is 2.28. The molecule has 0 heterocycles. The molecule has 4 heteroatoms. The molecular weight excluding hydrogens is 194 g/mol. The Kier molecular flexibility index (Phi) is 4.39. The van der Waals surface area contributed by atoms with Gasteiger partial charge in [-0.1, -0.05) is 6.07 Å². The van der Waals surface area contributed by atoms with Crippen molar-refractivity contribution in [1.82, 2.24) is 0 Å². The van der Waals surface area contributed by atoms with E-state index in [0.717, 1.165) is 11.3 Å². The summed E-state index contributed by atoms with van der Waals surface area (Å²) < 4.78 is 15.4. The molecule has 1 atom stereocenters. The van der Waals surface area contributed by atoms with Gasteiger partial charge in [-0.15, -0.1) is 0 Å².